The second kappa shape index (κ2) is 6.38. The molecule has 0 unspecified atom stereocenters. The minimum absolute atomic E-state index is 0.246. The number of aryl methyl sites for hydroxylation is 1. The molecule has 0 saturated heterocycles. The van der Waals surface area contributed by atoms with Crippen LogP contribution in [0.4, 0.5) is 0 Å². The van der Waals surface area contributed by atoms with E-state index in [0.29, 0.717) is 24.2 Å². The highest BCUT2D eigenvalue weighted by molar-refractivity contribution is 5.99. The number of methoxy groups -OCH3 is 1. The van der Waals surface area contributed by atoms with Gasteiger partial charge in [0.2, 0.25) is 0 Å². The second-order valence-electron chi connectivity index (χ2n) is 5.94. The van der Waals surface area contributed by atoms with E-state index in [1.807, 2.05) is 6.92 Å². The molecule has 1 aliphatic carbocycles. The van der Waals surface area contributed by atoms with Crippen LogP contribution in [0.2, 0.25) is 0 Å². The lowest BCUT2D eigenvalue weighted by Gasteiger charge is -2.41. The Hall–Kier alpha value is -2.04. The molecule has 5 nitrogen and oxygen atoms in total. The van der Waals surface area contributed by atoms with Gasteiger partial charge in [0.25, 0.3) is 5.91 Å². The number of hydrogen-bond acceptors (Lipinski definition) is 3. The number of hydrogen-bond donors (Lipinski definition) is 1. The number of ether oxygens (including phenoxy) is 1. The van der Waals surface area contributed by atoms with Gasteiger partial charge in [-0.2, -0.15) is 0 Å². The number of carbonyl (C=O) groups excluding carboxylic acids is 1. The Morgan fingerprint density at radius 2 is 1.86 bits per heavy atom. The molecule has 120 valence electrons. The maximum Gasteiger partial charge on any atom is 0.329 e. The highest BCUT2D eigenvalue weighted by Gasteiger charge is 2.45. The first kappa shape index (κ1) is 16.3. The molecule has 5 heteroatoms. The monoisotopic (exact) mass is 305 g/mol. The first-order valence-electron chi connectivity index (χ1n) is 7.58. The molecule has 1 saturated carbocycles. The van der Waals surface area contributed by atoms with E-state index in [1.54, 1.807) is 32.4 Å². The van der Waals surface area contributed by atoms with Crippen molar-refractivity contribution in [2.45, 2.75) is 44.6 Å². The van der Waals surface area contributed by atoms with Crippen LogP contribution in [0.5, 0.6) is 5.75 Å². The highest BCUT2D eigenvalue weighted by Crippen LogP contribution is 2.34. The van der Waals surface area contributed by atoms with Crippen molar-refractivity contribution in [3.63, 3.8) is 0 Å². The van der Waals surface area contributed by atoms with E-state index in [0.717, 1.165) is 24.8 Å². The molecule has 1 amide bonds. The van der Waals surface area contributed by atoms with Gasteiger partial charge in [0.15, 0.2) is 0 Å². The molecule has 0 atom stereocenters. The van der Waals surface area contributed by atoms with Crippen molar-refractivity contribution in [3.8, 4) is 5.75 Å². The quantitative estimate of drug-likeness (QED) is 0.929. The van der Waals surface area contributed by atoms with Gasteiger partial charge in [-0.15, -0.1) is 0 Å². The zero-order chi connectivity index (χ0) is 16.3. The molecule has 1 aromatic carbocycles. The number of likely N-dealkylation sites (N-methyl/N-ethyl adjacent to an activating group) is 1. The van der Waals surface area contributed by atoms with Crippen LogP contribution in [0.25, 0.3) is 0 Å². The van der Waals surface area contributed by atoms with Crippen LogP contribution in [0, 0.1) is 6.92 Å². The van der Waals surface area contributed by atoms with Crippen LogP contribution >= 0.6 is 0 Å². The van der Waals surface area contributed by atoms with Crippen molar-refractivity contribution in [1.29, 1.82) is 0 Å². The van der Waals surface area contributed by atoms with Gasteiger partial charge in [0, 0.05) is 12.6 Å². The standard InChI is InChI=1S/C17H23NO4/c1-12-11-13(22-3)7-8-14(12)15(19)18(2)17(16(20)21)9-5-4-6-10-17/h7-8,11H,4-6,9-10H2,1-3H3,(H,20,21). The first-order valence-corrected chi connectivity index (χ1v) is 7.58. The van der Waals surface area contributed by atoms with Crippen LogP contribution in [0.15, 0.2) is 18.2 Å². The third kappa shape index (κ3) is 2.80. The fraction of sp³-hybridized carbons (Fsp3) is 0.529. The number of carboxylic acids is 1. The predicted molar refractivity (Wildman–Crippen MR) is 83.3 cm³/mol. The van der Waals surface area contributed by atoms with Crippen LogP contribution in [-0.4, -0.2) is 41.6 Å². The topological polar surface area (TPSA) is 66.8 Å². The van der Waals surface area contributed by atoms with E-state index in [2.05, 4.69) is 0 Å². The average Bonchev–Trinajstić information content (AvgIpc) is 2.53. The third-order valence-corrected chi connectivity index (χ3v) is 4.69. The maximum absolute atomic E-state index is 12.8. The highest BCUT2D eigenvalue weighted by atomic mass is 16.5. The molecule has 0 aromatic heterocycles. The zero-order valence-corrected chi connectivity index (χ0v) is 13.4. The summed E-state index contributed by atoms with van der Waals surface area (Å²) in [6.45, 7) is 1.83. The minimum Gasteiger partial charge on any atom is -0.497 e. The number of nitrogens with zero attached hydrogens (tertiary/aromatic N) is 1. The summed E-state index contributed by atoms with van der Waals surface area (Å²) in [4.78, 5) is 26.0. The summed E-state index contributed by atoms with van der Waals surface area (Å²) >= 11 is 0. The SMILES string of the molecule is COc1ccc(C(=O)N(C)C2(C(=O)O)CCCCC2)c(C)c1. The lowest BCUT2D eigenvalue weighted by atomic mass is 9.80. The van der Waals surface area contributed by atoms with E-state index < -0.39 is 11.5 Å². The number of carboxylic acid groups (broad SMARTS) is 1. The normalized spacial score (nSPS) is 16.9. The molecule has 0 bridgehead atoms. The summed E-state index contributed by atoms with van der Waals surface area (Å²) in [6, 6.07) is 5.21. The Balaban J connectivity index is 2.33. The van der Waals surface area contributed by atoms with Gasteiger partial charge in [0.1, 0.15) is 11.3 Å². The van der Waals surface area contributed by atoms with Crippen molar-refractivity contribution < 1.29 is 19.4 Å². The van der Waals surface area contributed by atoms with Gasteiger partial charge in [-0.05, 0) is 43.5 Å². The lowest BCUT2D eigenvalue weighted by Crippen LogP contribution is -2.56. The summed E-state index contributed by atoms with van der Waals surface area (Å²) in [5.74, 6) is -0.471. The van der Waals surface area contributed by atoms with E-state index in [9.17, 15) is 14.7 Å². The number of benzene rings is 1. The van der Waals surface area contributed by atoms with Crippen molar-refractivity contribution >= 4 is 11.9 Å². The molecule has 0 heterocycles. The van der Waals surface area contributed by atoms with E-state index in [4.69, 9.17) is 4.74 Å². The van der Waals surface area contributed by atoms with Crippen molar-refractivity contribution in [1.82, 2.24) is 4.90 Å². The molecule has 0 radical (unpaired) electrons. The van der Waals surface area contributed by atoms with Gasteiger partial charge in [-0.25, -0.2) is 4.79 Å². The Bertz CT molecular complexity index is 576. The zero-order valence-electron chi connectivity index (χ0n) is 13.4. The number of carbonyl (C=O) groups is 2. The molecule has 1 N–H and O–H groups in total. The first-order chi connectivity index (χ1) is 10.4. The predicted octanol–water partition coefficient (Wildman–Crippen LogP) is 2.86. The minimum atomic E-state index is -1.08. The second-order valence-corrected chi connectivity index (χ2v) is 5.94. The number of aliphatic carboxylic acids is 1. The molecule has 1 fully saturated rings. The van der Waals surface area contributed by atoms with Gasteiger partial charge >= 0.3 is 5.97 Å². The van der Waals surface area contributed by atoms with Gasteiger partial charge < -0.3 is 14.7 Å². The third-order valence-electron chi connectivity index (χ3n) is 4.69. The number of amides is 1. The van der Waals surface area contributed by atoms with Gasteiger partial charge in [0.05, 0.1) is 7.11 Å². The molecular formula is C17H23NO4. The van der Waals surface area contributed by atoms with Crippen LogP contribution in [0.1, 0.15) is 48.0 Å². The molecule has 22 heavy (non-hydrogen) atoms. The Morgan fingerprint density at radius 1 is 1.23 bits per heavy atom. The number of rotatable bonds is 4. The van der Waals surface area contributed by atoms with Gasteiger partial charge in [-0.3, -0.25) is 4.79 Å². The molecule has 0 spiro atoms. The molecule has 1 aromatic rings. The maximum atomic E-state index is 12.8. The van der Waals surface area contributed by atoms with Crippen molar-refractivity contribution in [2.75, 3.05) is 14.2 Å². The molecular weight excluding hydrogens is 282 g/mol. The Morgan fingerprint density at radius 3 is 2.36 bits per heavy atom. The van der Waals surface area contributed by atoms with Crippen LogP contribution < -0.4 is 4.74 Å². The summed E-state index contributed by atoms with van der Waals surface area (Å²) in [7, 11) is 3.18. The van der Waals surface area contributed by atoms with Crippen LogP contribution in [-0.2, 0) is 4.79 Å². The van der Waals surface area contributed by atoms with E-state index in [1.165, 1.54) is 4.90 Å². The smallest absolute Gasteiger partial charge is 0.329 e. The van der Waals surface area contributed by atoms with E-state index in [-0.39, 0.29) is 5.91 Å². The molecule has 1 aliphatic rings. The Labute approximate surface area is 130 Å². The Kier molecular flexibility index (Phi) is 4.74. The fourth-order valence-electron chi connectivity index (χ4n) is 3.21. The fourth-order valence-corrected chi connectivity index (χ4v) is 3.21. The molecule has 0 aliphatic heterocycles. The summed E-state index contributed by atoms with van der Waals surface area (Å²) in [5.41, 5.74) is 0.226. The van der Waals surface area contributed by atoms with Crippen molar-refractivity contribution in [3.05, 3.63) is 29.3 Å². The average molecular weight is 305 g/mol. The van der Waals surface area contributed by atoms with Crippen LogP contribution in [0.3, 0.4) is 0 Å². The van der Waals surface area contributed by atoms with Crippen molar-refractivity contribution in [2.24, 2.45) is 0 Å². The summed E-state index contributed by atoms with van der Waals surface area (Å²) < 4.78 is 5.15. The largest absolute Gasteiger partial charge is 0.497 e. The summed E-state index contributed by atoms with van der Waals surface area (Å²) in [6.07, 6.45) is 3.73. The molecule has 2 rings (SSSR count). The lowest BCUT2D eigenvalue weighted by molar-refractivity contribution is -0.151. The van der Waals surface area contributed by atoms with E-state index >= 15 is 0 Å². The summed E-state index contributed by atoms with van der Waals surface area (Å²) in [5, 5.41) is 9.69. The van der Waals surface area contributed by atoms with Gasteiger partial charge in [-0.1, -0.05) is 19.3 Å².